The Kier molecular flexibility index (Phi) is 3.69. The lowest BCUT2D eigenvalue weighted by molar-refractivity contribution is 0.626. The summed E-state index contributed by atoms with van der Waals surface area (Å²) in [5.74, 6) is 0.514. The summed E-state index contributed by atoms with van der Waals surface area (Å²) in [7, 11) is 0. The van der Waals surface area contributed by atoms with Crippen LogP contribution in [0.1, 0.15) is 18.1 Å². The van der Waals surface area contributed by atoms with Crippen molar-refractivity contribution in [1.82, 2.24) is 9.55 Å². The molecule has 0 amide bonds. The van der Waals surface area contributed by atoms with Crippen LogP contribution in [0, 0.1) is 9.39 Å². The van der Waals surface area contributed by atoms with Crippen LogP contribution in [-0.2, 0) is 0 Å². The number of alkyl halides is 1. The Bertz CT molecular complexity index is 783. The minimum atomic E-state index is -0.247. The number of imidazole rings is 1. The molecule has 0 aliphatic rings. The molecule has 2 aromatic carbocycles. The third-order valence-electron chi connectivity index (χ3n) is 3.09. The molecule has 3 aromatic rings. The Hall–Kier alpha value is -1.14. The first-order valence-corrected chi connectivity index (χ1v) is 7.66. The molecule has 5 heteroatoms. The number of nitrogens with zero attached hydrogens (tertiary/aromatic N) is 2. The Morgan fingerprint density at radius 3 is 2.70 bits per heavy atom. The average Bonchev–Trinajstić information content (AvgIpc) is 2.78. The number of halogens is 3. The van der Waals surface area contributed by atoms with Crippen LogP contribution in [0.4, 0.5) is 4.39 Å². The monoisotopic (exact) mass is 400 g/mol. The number of aromatic nitrogens is 2. The van der Waals surface area contributed by atoms with Crippen molar-refractivity contribution >= 4 is 45.2 Å². The minimum absolute atomic E-state index is 0.233. The quantitative estimate of drug-likeness (QED) is 0.434. The van der Waals surface area contributed by atoms with E-state index >= 15 is 0 Å². The van der Waals surface area contributed by atoms with Crippen molar-refractivity contribution in [3.8, 4) is 5.69 Å². The van der Waals surface area contributed by atoms with Gasteiger partial charge in [-0.25, -0.2) is 9.37 Å². The van der Waals surface area contributed by atoms with Gasteiger partial charge in [-0.15, -0.1) is 11.6 Å². The van der Waals surface area contributed by atoms with Gasteiger partial charge in [-0.05, 0) is 59.8 Å². The van der Waals surface area contributed by atoms with Gasteiger partial charge in [-0.1, -0.05) is 12.1 Å². The molecular formula is C15H11ClFIN2. The van der Waals surface area contributed by atoms with Gasteiger partial charge in [0.15, 0.2) is 0 Å². The fourth-order valence-corrected chi connectivity index (χ4v) is 3.09. The van der Waals surface area contributed by atoms with Gasteiger partial charge in [0.1, 0.15) is 11.6 Å². The molecule has 0 fully saturated rings. The van der Waals surface area contributed by atoms with Crippen molar-refractivity contribution < 1.29 is 4.39 Å². The van der Waals surface area contributed by atoms with Crippen LogP contribution in [0.25, 0.3) is 16.7 Å². The van der Waals surface area contributed by atoms with E-state index in [1.54, 1.807) is 6.07 Å². The number of hydrogen-bond acceptors (Lipinski definition) is 1. The number of benzene rings is 2. The number of hydrogen-bond donors (Lipinski definition) is 0. The van der Waals surface area contributed by atoms with Crippen LogP contribution < -0.4 is 0 Å². The Labute approximate surface area is 134 Å². The summed E-state index contributed by atoms with van der Waals surface area (Å²) >= 11 is 8.38. The van der Waals surface area contributed by atoms with Crippen molar-refractivity contribution in [2.24, 2.45) is 0 Å². The normalized spacial score (nSPS) is 12.8. The average molecular weight is 401 g/mol. The molecule has 1 unspecified atom stereocenters. The van der Waals surface area contributed by atoms with Crippen molar-refractivity contribution in [2.75, 3.05) is 0 Å². The van der Waals surface area contributed by atoms with Gasteiger partial charge < -0.3 is 0 Å². The summed E-state index contributed by atoms with van der Waals surface area (Å²) in [5, 5.41) is -0.233. The first-order valence-electron chi connectivity index (χ1n) is 6.15. The molecule has 0 N–H and O–H groups in total. The maximum Gasteiger partial charge on any atom is 0.132 e. The van der Waals surface area contributed by atoms with Crippen LogP contribution in [0.15, 0.2) is 42.5 Å². The highest BCUT2D eigenvalue weighted by atomic mass is 127. The third kappa shape index (κ3) is 2.31. The van der Waals surface area contributed by atoms with Crippen molar-refractivity contribution in [3.05, 3.63) is 57.7 Å². The summed E-state index contributed by atoms with van der Waals surface area (Å²) in [6.07, 6.45) is 0. The molecule has 102 valence electrons. The van der Waals surface area contributed by atoms with Gasteiger partial charge in [0.25, 0.3) is 0 Å². The van der Waals surface area contributed by atoms with Gasteiger partial charge in [0, 0.05) is 3.57 Å². The molecule has 0 aliphatic carbocycles. The maximum absolute atomic E-state index is 13.3. The smallest absolute Gasteiger partial charge is 0.132 e. The molecule has 2 nitrogen and oxygen atoms in total. The maximum atomic E-state index is 13.3. The lowest BCUT2D eigenvalue weighted by Crippen LogP contribution is -2.04. The second-order valence-corrected chi connectivity index (χ2v) is 6.32. The number of rotatable bonds is 2. The summed E-state index contributed by atoms with van der Waals surface area (Å²) in [5.41, 5.74) is 2.75. The summed E-state index contributed by atoms with van der Waals surface area (Å²) < 4.78 is 16.1. The van der Waals surface area contributed by atoms with E-state index in [2.05, 4.69) is 27.6 Å². The van der Waals surface area contributed by atoms with Gasteiger partial charge >= 0.3 is 0 Å². The fourth-order valence-electron chi connectivity index (χ4n) is 2.23. The van der Waals surface area contributed by atoms with Crippen LogP contribution in [0.5, 0.6) is 0 Å². The van der Waals surface area contributed by atoms with E-state index in [4.69, 9.17) is 11.6 Å². The lowest BCUT2D eigenvalue weighted by atomic mass is 10.2. The van der Waals surface area contributed by atoms with Crippen LogP contribution in [0.3, 0.4) is 0 Å². The number of para-hydroxylation sites is 2. The molecule has 0 saturated carbocycles. The molecular weight excluding hydrogens is 390 g/mol. The second-order valence-electron chi connectivity index (χ2n) is 4.51. The van der Waals surface area contributed by atoms with Crippen molar-refractivity contribution in [2.45, 2.75) is 12.3 Å². The zero-order valence-corrected chi connectivity index (χ0v) is 13.6. The molecule has 0 spiro atoms. The topological polar surface area (TPSA) is 17.8 Å². The highest BCUT2D eigenvalue weighted by Crippen LogP contribution is 2.30. The largest absolute Gasteiger partial charge is 0.294 e. The van der Waals surface area contributed by atoms with Gasteiger partial charge in [0.2, 0.25) is 0 Å². The first kappa shape index (κ1) is 13.8. The van der Waals surface area contributed by atoms with Gasteiger partial charge in [0.05, 0.1) is 22.1 Å². The zero-order valence-electron chi connectivity index (χ0n) is 10.6. The predicted octanol–water partition coefficient (Wildman–Crippen LogP) is 5.07. The van der Waals surface area contributed by atoms with E-state index < -0.39 is 0 Å². The van der Waals surface area contributed by atoms with Gasteiger partial charge in [-0.3, -0.25) is 4.57 Å². The predicted molar refractivity (Wildman–Crippen MR) is 88.0 cm³/mol. The van der Waals surface area contributed by atoms with E-state index in [-0.39, 0.29) is 11.2 Å². The molecule has 1 heterocycles. The molecule has 1 atom stereocenters. The van der Waals surface area contributed by atoms with Crippen molar-refractivity contribution in [3.63, 3.8) is 0 Å². The zero-order chi connectivity index (χ0) is 14.3. The highest BCUT2D eigenvalue weighted by Gasteiger charge is 2.17. The SMILES string of the molecule is CC(Cl)c1nc2ccccc2n1-c1ccc(F)cc1I. The van der Waals surface area contributed by atoms with E-state index in [0.29, 0.717) is 0 Å². The molecule has 3 rings (SSSR count). The van der Waals surface area contributed by atoms with Gasteiger partial charge in [-0.2, -0.15) is 0 Å². The van der Waals surface area contributed by atoms with E-state index in [1.807, 2.05) is 35.8 Å². The molecule has 1 aromatic heterocycles. The number of fused-ring (bicyclic) bond motifs is 1. The minimum Gasteiger partial charge on any atom is -0.294 e. The summed E-state index contributed by atoms with van der Waals surface area (Å²) in [6, 6.07) is 12.6. The summed E-state index contributed by atoms with van der Waals surface area (Å²) in [6.45, 7) is 1.88. The lowest BCUT2D eigenvalue weighted by Gasteiger charge is -2.12. The fraction of sp³-hybridized carbons (Fsp3) is 0.133. The van der Waals surface area contributed by atoms with Crippen LogP contribution in [0.2, 0.25) is 0 Å². The van der Waals surface area contributed by atoms with E-state index in [0.717, 1.165) is 26.1 Å². The Balaban J connectivity index is 2.36. The Morgan fingerprint density at radius 1 is 1.25 bits per heavy atom. The Morgan fingerprint density at radius 2 is 2.00 bits per heavy atom. The third-order valence-corrected chi connectivity index (χ3v) is 4.15. The molecule has 0 aliphatic heterocycles. The van der Waals surface area contributed by atoms with Crippen LogP contribution in [-0.4, -0.2) is 9.55 Å². The van der Waals surface area contributed by atoms with Crippen LogP contribution >= 0.6 is 34.2 Å². The highest BCUT2D eigenvalue weighted by molar-refractivity contribution is 14.1. The molecule has 0 saturated heterocycles. The second kappa shape index (κ2) is 5.33. The standard InChI is InChI=1S/C15H11ClFIN2/c1-9(16)15-19-12-4-2-3-5-14(12)20(15)13-7-6-10(17)8-11(13)18/h2-9H,1H3. The van der Waals surface area contributed by atoms with Crippen molar-refractivity contribution in [1.29, 1.82) is 0 Å². The molecule has 20 heavy (non-hydrogen) atoms. The summed E-state index contributed by atoms with van der Waals surface area (Å²) in [4.78, 5) is 4.59. The van der Waals surface area contributed by atoms with E-state index in [1.165, 1.54) is 12.1 Å². The molecule has 0 radical (unpaired) electrons. The van der Waals surface area contributed by atoms with E-state index in [9.17, 15) is 4.39 Å². The molecule has 0 bridgehead atoms. The first-order chi connectivity index (χ1) is 9.58.